The Bertz CT molecular complexity index is 537. The van der Waals surface area contributed by atoms with Crippen LogP contribution in [-0.2, 0) is 5.41 Å². The van der Waals surface area contributed by atoms with Gasteiger partial charge >= 0.3 is 0 Å². The Labute approximate surface area is 106 Å². The van der Waals surface area contributed by atoms with Crippen LogP contribution in [0.4, 0.5) is 0 Å². The lowest BCUT2D eigenvalue weighted by molar-refractivity contribution is 0.679. The minimum absolute atomic E-state index is 0.352. The third-order valence-corrected chi connectivity index (χ3v) is 2.99. The molecule has 0 N–H and O–H groups in total. The van der Waals surface area contributed by atoms with Gasteiger partial charge in [0.05, 0.1) is 18.0 Å². The van der Waals surface area contributed by atoms with Gasteiger partial charge in [-0.15, -0.1) is 0 Å². The SMILES string of the molecule is N#C/C=C\C1(c2cccc(Cl)c2)C=CC=NC1. The van der Waals surface area contributed by atoms with Gasteiger partial charge in [-0.2, -0.15) is 5.26 Å². The quantitative estimate of drug-likeness (QED) is 0.733. The molecule has 2 nitrogen and oxygen atoms in total. The van der Waals surface area contributed by atoms with Crippen molar-refractivity contribution in [1.29, 1.82) is 5.26 Å². The van der Waals surface area contributed by atoms with Crippen LogP contribution >= 0.6 is 11.6 Å². The highest BCUT2D eigenvalue weighted by molar-refractivity contribution is 6.30. The number of allylic oxidation sites excluding steroid dienone is 2. The van der Waals surface area contributed by atoms with E-state index in [1.54, 1.807) is 6.21 Å². The van der Waals surface area contributed by atoms with Gasteiger partial charge in [-0.3, -0.25) is 4.99 Å². The Morgan fingerprint density at radius 2 is 2.35 bits per heavy atom. The first kappa shape index (κ1) is 11.6. The molecule has 0 saturated carbocycles. The molecule has 0 amide bonds. The second-order valence-electron chi connectivity index (χ2n) is 3.86. The summed E-state index contributed by atoms with van der Waals surface area (Å²) in [4.78, 5) is 4.27. The van der Waals surface area contributed by atoms with E-state index in [4.69, 9.17) is 16.9 Å². The van der Waals surface area contributed by atoms with E-state index in [-0.39, 0.29) is 5.41 Å². The summed E-state index contributed by atoms with van der Waals surface area (Å²) in [5, 5.41) is 9.38. The Kier molecular flexibility index (Phi) is 3.41. The first-order valence-electron chi connectivity index (χ1n) is 5.28. The van der Waals surface area contributed by atoms with Crippen molar-refractivity contribution in [3.63, 3.8) is 0 Å². The first-order valence-corrected chi connectivity index (χ1v) is 5.66. The molecule has 1 atom stereocenters. The second-order valence-corrected chi connectivity index (χ2v) is 4.30. The van der Waals surface area contributed by atoms with Crippen molar-refractivity contribution in [3.8, 4) is 6.07 Å². The normalized spacial score (nSPS) is 22.8. The molecule has 0 spiro atoms. The molecule has 1 aliphatic rings. The zero-order valence-electron chi connectivity index (χ0n) is 9.18. The maximum Gasteiger partial charge on any atom is 0.0909 e. The number of nitriles is 1. The fraction of sp³-hybridized carbons (Fsp3) is 0.143. The number of benzene rings is 1. The van der Waals surface area contributed by atoms with Crippen LogP contribution < -0.4 is 0 Å². The van der Waals surface area contributed by atoms with E-state index >= 15 is 0 Å². The number of aliphatic imine (C=N–C) groups is 1. The fourth-order valence-electron chi connectivity index (χ4n) is 1.89. The van der Waals surface area contributed by atoms with Crippen LogP contribution in [-0.4, -0.2) is 12.8 Å². The Morgan fingerprint density at radius 3 is 3.00 bits per heavy atom. The van der Waals surface area contributed by atoms with Gasteiger partial charge < -0.3 is 0 Å². The van der Waals surface area contributed by atoms with Crippen LogP contribution in [0.25, 0.3) is 0 Å². The Hall–Kier alpha value is -1.85. The monoisotopic (exact) mass is 242 g/mol. The second kappa shape index (κ2) is 4.99. The standard InChI is InChI=1S/C14H11ClN2/c15-13-5-1-4-12(10-13)14(6-2-8-16)7-3-9-17-11-14/h1-7,9-10H,11H2/b6-2-. The predicted molar refractivity (Wildman–Crippen MR) is 70.4 cm³/mol. The summed E-state index contributed by atoms with van der Waals surface area (Å²) in [5.74, 6) is 0. The molecule has 3 heteroatoms. The van der Waals surface area contributed by atoms with E-state index in [2.05, 4.69) is 4.99 Å². The van der Waals surface area contributed by atoms with Crippen LogP contribution in [0.15, 0.2) is 53.6 Å². The van der Waals surface area contributed by atoms with E-state index < -0.39 is 0 Å². The molecule has 2 rings (SSSR count). The molecule has 0 radical (unpaired) electrons. The maximum absolute atomic E-state index is 8.69. The topological polar surface area (TPSA) is 36.1 Å². The average molecular weight is 243 g/mol. The number of hydrogen-bond donors (Lipinski definition) is 0. The predicted octanol–water partition coefficient (Wildman–Crippen LogP) is 3.30. The lowest BCUT2D eigenvalue weighted by Crippen LogP contribution is -2.26. The molecule has 0 aromatic heterocycles. The smallest absolute Gasteiger partial charge is 0.0909 e. The highest BCUT2D eigenvalue weighted by Gasteiger charge is 2.27. The molecule has 1 aromatic carbocycles. The first-order chi connectivity index (χ1) is 8.27. The molecule has 1 aliphatic heterocycles. The van der Waals surface area contributed by atoms with Gasteiger partial charge in [-0.1, -0.05) is 35.9 Å². The summed E-state index contributed by atoms with van der Waals surface area (Å²) < 4.78 is 0. The molecule has 17 heavy (non-hydrogen) atoms. The van der Waals surface area contributed by atoms with Gasteiger partial charge in [0.2, 0.25) is 0 Å². The molecule has 1 heterocycles. The molecule has 0 fully saturated rings. The van der Waals surface area contributed by atoms with Crippen LogP contribution in [0, 0.1) is 11.3 Å². The molecule has 0 bridgehead atoms. The molecule has 0 aliphatic carbocycles. The van der Waals surface area contributed by atoms with Gasteiger partial charge in [-0.05, 0) is 23.8 Å². The third-order valence-electron chi connectivity index (χ3n) is 2.76. The van der Waals surface area contributed by atoms with Crippen LogP contribution in [0.3, 0.4) is 0 Å². The van der Waals surface area contributed by atoms with E-state index in [1.165, 1.54) is 6.08 Å². The summed E-state index contributed by atoms with van der Waals surface area (Å²) in [6.07, 6.45) is 9.06. The number of rotatable bonds is 2. The van der Waals surface area contributed by atoms with Crippen LogP contribution in [0.1, 0.15) is 5.56 Å². The number of dihydropyridines is 1. The molecular formula is C14H11ClN2. The van der Waals surface area contributed by atoms with Crippen molar-refractivity contribution < 1.29 is 0 Å². The summed E-state index contributed by atoms with van der Waals surface area (Å²) in [6, 6.07) is 9.68. The minimum atomic E-state index is -0.352. The Morgan fingerprint density at radius 1 is 1.47 bits per heavy atom. The van der Waals surface area contributed by atoms with Crippen LogP contribution in [0.2, 0.25) is 5.02 Å². The summed E-state index contributed by atoms with van der Waals surface area (Å²) in [6.45, 7) is 0.599. The largest absolute Gasteiger partial charge is 0.292 e. The molecule has 84 valence electrons. The molecule has 0 saturated heterocycles. The number of hydrogen-bond acceptors (Lipinski definition) is 2. The number of nitrogens with zero attached hydrogens (tertiary/aromatic N) is 2. The highest BCUT2D eigenvalue weighted by Crippen LogP contribution is 2.31. The van der Waals surface area contributed by atoms with Gasteiger partial charge in [-0.25, -0.2) is 0 Å². The van der Waals surface area contributed by atoms with E-state index in [0.717, 1.165) is 5.56 Å². The average Bonchev–Trinajstić information content (AvgIpc) is 2.37. The zero-order valence-corrected chi connectivity index (χ0v) is 9.93. The Balaban J connectivity index is 2.48. The van der Waals surface area contributed by atoms with Crippen molar-refractivity contribution in [2.45, 2.75) is 5.41 Å². The van der Waals surface area contributed by atoms with E-state index in [0.29, 0.717) is 11.6 Å². The maximum atomic E-state index is 8.69. The van der Waals surface area contributed by atoms with Gasteiger partial charge in [0, 0.05) is 17.3 Å². The summed E-state index contributed by atoms with van der Waals surface area (Å²) in [7, 11) is 0. The number of halogens is 1. The van der Waals surface area contributed by atoms with Gasteiger partial charge in [0.15, 0.2) is 0 Å². The van der Waals surface area contributed by atoms with Crippen molar-refractivity contribution in [1.82, 2.24) is 0 Å². The highest BCUT2D eigenvalue weighted by atomic mass is 35.5. The lowest BCUT2D eigenvalue weighted by Gasteiger charge is -2.27. The van der Waals surface area contributed by atoms with Crippen molar-refractivity contribution >= 4 is 17.8 Å². The minimum Gasteiger partial charge on any atom is -0.292 e. The molecule has 1 unspecified atom stereocenters. The van der Waals surface area contributed by atoms with Gasteiger partial charge in [0.25, 0.3) is 0 Å². The van der Waals surface area contributed by atoms with E-state index in [9.17, 15) is 0 Å². The fourth-order valence-corrected chi connectivity index (χ4v) is 2.08. The zero-order chi connectivity index (χ0) is 12.1. The summed E-state index contributed by atoms with van der Waals surface area (Å²) >= 11 is 6.01. The van der Waals surface area contributed by atoms with Crippen LogP contribution in [0.5, 0.6) is 0 Å². The van der Waals surface area contributed by atoms with Crippen molar-refractivity contribution in [2.24, 2.45) is 4.99 Å². The van der Waals surface area contributed by atoms with Crippen molar-refractivity contribution in [2.75, 3.05) is 6.54 Å². The molecule has 1 aromatic rings. The summed E-state index contributed by atoms with van der Waals surface area (Å²) in [5.41, 5.74) is 0.694. The molecular weight excluding hydrogens is 232 g/mol. The lowest BCUT2D eigenvalue weighted by atomic mass is 9.79. The van der Waals surface area contributed by atoms with Crippen molar-refractivity contribution in [3.05, 3.63) is 59.2 Å². The third kappa shape index (κ3) is 2.46. The van der Waals surface area contributed by atoms with E-state index in [1.807, 2.05) is 48.6 Å². The van der Waals surface area contributed by atoms with Gasteiger partial charge in [0.1, 0.15) is 0 Å².